The van der Waals surface area contributed by atoms with E-state index in [2.05, 4.69) is 9.71 Å². The molecule has 7 heteroatoms. The Hall–Kier alpha value is -2.67. The first-order chi connectivity index (χ1) is 10.5. The number of nitrogens with one attached hydrogen (secondary N) is 1. The van der Waals surface area contributed by atoms with Gasteiger partial charge in [0, 0.05) is 42.1 Å². The Kier molecular flexibility index (Phi) is 3.42. The predicted octanol–water partition coefficient (Wildman–Crippen LogP) is 1.69. The SMILES string of the molecule is Cn1ccc2c(C(=O)NS(=O)(=O)c3cccnc3)cccc21. The lowest BCUT2D eigenvalue weighted by atomic mass is 10.1. The topological polar surface area (TPSA) is 81.1 Å². The molecular formula is C15H13N3O3S. The van der Waals surface area contributed by atoms with E-state index in [1.54, 1.807) is 18.2 Å². The molecule has 3 rings (SSSR count). The van der Waals surface area contributed by atoms with Crippen molar-refractivity contribution in [3.63, 3.8) is 0 Å². The number of sulfonamides is 1. The lowest BCUT2D eigenvalue weighted by Crippen LogP contribution is -2.30. The number of rotatable bonds is 3. The van der Waals surface area contributed by atoms with Crippen molar-refractivity contribution in [2.24, 2.45) is 7.05 Å². The highest BCUT2D eigenvalue weighted by molar-refractivity contribution is 7.90. The van der Waals surface area contributed by atoms with E-state index in [9.17, 15) is 13.2 Å². The third-order valence-electron chi connectivity index (χ3n) is 3.34. The summed E-state index contributed by atoms with van der Waals surface area (Å²) >= 11 is 0. The van der Waals surface area contributed by atoms with Crippen molar-refractivity contribution in [2.75, 3.05) is 0 Å². The zero-order valence-corrected chi connectivity index (χ0v) is 12.5. The number of amides is 1. The minimum absolute atomic E-state index is 0.0522. The van der Waals surface area contributed by atoms with Crippen LogP contribution in [0.2, 0.25) is 0 Å². The van der Waals surface area contributed by atoms with Gasteiger partial charge in [0.25, 0.3) is 15.9 Å². The van der Waals surface area contributed by atoms with Gasteiger partial charge < -0.3 is 4.57 Å². The van der Waals surface area contributed by atoms with E-state index < -0.39 is 15.9 Å². The number of fused-ring (bicyclic) bond motifs is 1. The van der Waals surface area contributed by atoms with E-state index in [-0.39, 0.29) is 4.90 Å². The summed E-state index contributed by atoms with van der Waals surface area (Å²) in [6.45, 7) is 0. The summed E-state index contributed by atoms with van der Waals surface area (Å²) in [5.41, 5.74) is 1.16. The molecule has 2 aromatic heterocycles. The van der Waals surface area contributed by atoms with Crippen LogP contribution >= 0.6 is 0 Å². The smallest absolute Gasteiger partial charge is 0.265 e. The molecule has 6 nitrogen and oxygen atoms in total. The van der Waals surface area contributed by atoms with E-state index in [1.807, 2.05) is 23.9 Å². The highest BCUT2D eigenvalue weighted by Gasteiger charge is 2.20. The first-order valence-electron chi connectivity index (χ1n) is 6.50. The van der Waals surface area contributed by atoms with Gasteiger partial charge in [0.15, 0.2) is 0 Å². The molecule has 0 atom stereocenters. The standard InChI is InChI=1S/C15H13N3O3S/c1-18-9-7-12-13(5-2-6-14(12)18)15(19)17-22(20,21)11-4-3-8-16-10-11/h2-10H,1H3,(H,17,19). The molecule has 0 aliphatic rings. The second-order valence-electron chi connectivity index (χ2n) is 4.79. The molecule has 0 bridgehead atoms. The van der Waals surface area contributed by atoms with Crippen molar-refractivity contribution in [1.82, 2.24) is 14.3 Å². The van der Waals surface area contributed by atoms with Crippen LogP contribution in [0.5, 0.6) is 0 Å². The average Bonchev–Trinajstić information content (AvgIpc) is 2.89. The summed E-state index contributed by atoms with van der Waals surface area (Å²) in [7, 11) is -2.08. The molecule has 3 aromatic rings. The Morgan fingerprint density at radius 1 is 1.18 bits per heavy atom. The molecule has 1 aromatic carbocycles. The van der Waals surface area contributed by atoms with E-state index in [0.717, 1.165) is 5.52 Å². The number of aromatic nitrogens is 2. The zero-order chi connectivity index (χ0) is 15.7. The first kappa shape index (κ1) is 14.3. The van der Waals surface area contributed by atoms with Crippen LogP contribution in [0.15, 0.2) is 59.9 Å². The van der Waals surface area contributed by atoms with Gasteiger partial charge in [0.2, 0.25) is 0 Å². The summed E-state index contributed by atoms with van der Waals surface area (Å²) in [6, 6.07) is 9.83. The molecular weight excluding hydrogens is 302 g/mol. The van der Waals surface area contributed by atoms with Gasteiger partial charge in [-0.2, -0.15) is 0 Å². The summed E-state index contributed by atoms with van der Waals surface area (Å²) in [4.78, 5) is 16.0. The van der Waals surface area contributed by atoms with Crippen molar-refractivity contribution in [1.29, 1.82) is 0 Å². The van der Waals surface area contributed by atoms with Crippen molar-refractivity contribution in [3.8, 4) is 0 Å². The van der Waals surface area contributed by atoms with Crippen LogP contribution in [0.1, 0.15) is 10.4 Å². The molecule has 112 valence electrons. The molecule has 0 saturated heterocycles. The van der Waals surface area contributed by atoms with Crippen LogP contribution < -0.4 is 4.72 Å². The number of aryl methyl sites for hydroxylation is 1. The minimum atomic E-state index is -3.94. The summed E-state index contributed by atoms with van der Waals surface area (Å²) in [6.07, 6.45) is 4.47. The minimum Gasteiger partial charge on any atom is -0.351 e. The molecule has 0 fully saturated rings. The van der Waals surface area contributed by atoms with E-state index in [4.69, 9.17) is 0 Å². The molecule has 1 N–H and O–H groups in total. The molecule has 0 radical (unpaired) electrons. The van der Waals surface area contributed by atoms with Crippen LogP contribution in [0.4, 0.5) is 0 Å². The van der Waals surface area contributed by atoms with Crippen LogP contribution in [0.25, 0.3) is 10.9 Å². The van der Waals surface area contributed by atoms with Gasteiger partial charge in [-0.1, -0.05) is 6.07 Å². The Labute approximate surface area is 127 Å². The van der Waals surface area contributed by atoms with Crippen LogP contribution in [0.3, 0.4) is 0 Å². The quantitative estimate of drug-likeness (QED) is 0.797. The second kappa shape index (κ2) is 5.27. The zero-order valence-electron chi connectivity index (χ0n) is 11.7. The van der Waals surface area contributed by atoms with Gasteiger partial charge in [0.1, 0.15) is 4.90 Å². The summed E-state index contributed by atoms with van der Waals surface area (Å²) < 4.78 is 28.3. The van der Waals surface area contributed by atoms with Crippen LogP contribution in [-0.2, 0) is 17.1 Å². The number of carbonyl (C=O) groups excluding carboxylic acids is 1. The highest BCUT2D eigenvalue weighted by Crippen LogP contribution is 2.20. The van der Waals surface area contributed by atoms with E-state index >= 15 is 0 Å². The number of benzene rings is 1. The average molecular weight is 315 g/mol. The van der Waals surface area contributed by atoms with E-state index in [0.29, 0.717) is 10.9 Å². The maximum Gasteiger partial charge on any atom is 0.265 e. The Morgan fingerprint density at radius 3 is 2.73 bits per heavy atom. The number of hydrogen-bond acceptors (Lipinski definition) is 4. The van der Waals surface area contributed by atoms with Gasteiger partial charge in [-0.25, -0.2) is 13.1 Å². The molecule has 0 aliphatic heterocycles. The highest BCUT2D eigenvalue weighted by atomic mass is 32.2. The van der Waals surface area contributed by atoms with Gasteiger partial charge in [0.05, 0.1) is 0 Å². The third-order valence-corrected chi connectivity index (χ3v) is 4.66. The van der Waals surface area contributed by atoms with Crippen molar-refractivity contribution in [3.05, 3.63) is 60.6 Å². The number of nitrogens with zero attached hydrogens (tertiary/aromatic N) is 2. The number of pyridine rings is 1. The van der Waals surface area contributed by atoms with Gasteiger partial charge in [-0.15, -0.1) is 0 Å². The fourth-order valence-electron chi connectivity index (χ4n) is 2.24. The van der Waals surface area contributed by atoms with Gasteiger partial charge >= 0.3 is 0 Å². The lowest BCUT2D eigenvalue weighted by Gasteiger charge is -2.07. The largest absolute Gasteiger partial charge is 0.351 e. The molecule has 0 spiro atoms. The number of carbonyl (C=O) groups is 1. The second-order valence-corrected chi connectivity index (χ2v) is 6.47. The monoisotopic (exact) mass is 315 g/mol. The normalized spacial score (nSPS) is 11.5. The molecule has 0 unspecified atom stereocenters. The Bertz CT molecular complexity index is 947. The fraction of sp³-hybridized carbons (Fsp3) is 0.0667. The summed E-state index contributed by atoms with van der Waals surface area (Å²) in [5.74, 6) is -0.666. The maximum absolute atomic E-state index is 12.3. The summed E-state index contributed by atoms with van der Waals surface area (Å²) in [5, 5.41) is 0.698. The van der Waals surface area contributed by atoms with Crippen molar-refractivity contribution < 1.29 is 13.2 Å². The van der Waals surface area contributed by atoms with Gasteiger partial charge in [-0.05, 0) is 30.3 Å². The van der Waals surface area contributed by atoms with E-state index in [1.165, 1.54) is 24.5 Å². The van der Waals surface area contributed by atoms with Crippen molar-refractivity contribution >= 4 is 26.8 Å². The van der Waals surface area contributed by atoms with Gasteiger partial charge in [-0.3, -0.25) is 9.78 Å². The third kappa shape index (κ3) is 2.46. The fourth-order valence-corrected chi connectivity index (χ4v) is 3.17. The Morgan fingerprint density at radius 2 is 2.00 bits per heavy atom. The first-order valence-corrected chi connectivity index (χ1v) is 7.98. The van der Waals surface area contributed by atoms with Crippen molar-refractivity contribution in [2.45, 2.75) is 4.90 Å². The molecule has 0 aliphatic carbocycles. The molecule has 2 heterocycles. The van der Waals surface area contributed by atoms with Crippen LogP contribution in [-0.4, -0.2) is 23.9 Å². The molecule has 0 saturated carbocycles. The molecule has 22 heavy (non-hydrogen) atoms. The van der Waals surface area contributed by atoms with Crippen LogP contribution in [0, 0.1) is 0 Å². The lowest BCUT2D eigenvalue weighted by molar-refractivity contribution is 0.0983. The maximum atomic E-state index is 12.3. The molecule has 1 amide bonds. The predicted molar refractivity (Wildman–Crippen MR) is 81.8 cm³/mol. The number of hydrogen-bond donors (Lipinski definition) is 1. The Balaban J connectivity index is 1.98.